The molecule has 0 unspecified atom stereocenters. The zero-order chi connectivity index (χ0) is 27.9. The monoisotopic (exact) mass is 538 g/mol. The molecule has 0 amide bonds. The summed E-state index contributed by atoms with van der Waals surface area (Å²) in [4.78, 5) is 0. The van der Waals surface area contributed by atoms with Crippen LogP contribution in [0.4, 0.5) is 26.3 Å². The Balaban J connectivity index is 1.32. The molecule has 6 heteroatoms. The Morgan fingerprint density at radius 2 is 1.10 bits per heavy atom. The third-order valence-corrected chi connectivity index (χ3v) is 6.65. The summed E-state index contributed by atoms with van der Waals surface area (Å²) in [6, 6.07) is 20.5. The average Bonchev–Trinajstić information content (AvgIpc) is 2.94. The maximum absolute atomic E-state index is 14.8. The number of allylic oxidation sites excluding steroid dienone is 1. The van der Waals surface area contributed by atoms with E-state index in [4.69, 9.17) is 0 Å². The van der Waals surface area contributed by atoms with Crippen LogP contribution in [0.15, 0.2) is 84.7 Å². The lowest BCUT2D eigenvalue weighted by atomic mass is 9.97. The zero-order valence-corrected chi connectivity index (χ0v) is 21.5. The minimum atomic E-state index is -1.59. The van der Waals surface area contributed by atoms with Gasteiger partial charge in [0.25, 0.3) is 0 Å². The van der Waals surface area contributed by atoms with Gasteiger partial charge in [0, 0.05) is 17.5 Å². The van der Waals surface area contributed by atoms with E-state index in [0.29, 0.717) is 12.0 Å². The summed E-state index contributed by atoms with van der Waals surface area (Å²) in [5.41, 5.74) is 3.75. The fourth-order valence-electron chi connectivity index (χ4n) is 4.47. The second kappa shape index (κ2) is 12.8. The molecule has 0 fully saturated rings. The summed E-state index contributed by atoms with van der Waals surface area (Å²) < 4.78 is 82.9. The van der Waals surface area contributed by atoms with Crippen LogP contribution in [0.1, 0.15) is 49.3 Å². The van der Waals surface area contributed by atoms with Crippen LogP contribution in [0.5, 0.6) is 0 Å². The van der Waals surface area contributed by atoms with Gasteiger partial charge in [-0.05, 0) is 78.1 Å². The third-order valence-electron chi connectivity index (χ3n) is 6.65. The lowest BCUT2D eigenvalue weighted by Gasteiger charge is -2.09. The summed E-state index contributed by atoms with van der Waals surface area (Å²) >= 11 is 0. The van der Waals surface area contributed by atoms with Gasteiger partial charge in [-0.2, -0.15) is 0 Å². The highest BCUT2D eigenvalue weighted by atomic mass is 19.2. The molecule has 4 rings (SSSR count). The van der Waals surface area contributed by atoms with Crippen LogP contribution < -0.4 is 0 Å². The maximum atomic E-state index is 14.8. The number of unbranched alkanes of at least 4 members (excludes halogenated alkanes) is 1. The highest BCUT2D eigenvalue weighted by Gasteiger charge is 2.15. The number of benzene rings is 4. The molecule has 0 radical (unpaired) electrons. The smallest absolute Gasteiger partial charge is 0.194 e. The Labute approximate surface area is 224 Å². The van der Waals surface area contributed by atoms with Crippen molar-refractivity contribution in [2.45, 2.75) is 45.4 Å². The topological polar surface area (TPSA) is 0 Å². The normalized spacial score (nSPS) is 12.0. The summed E-state index contributed by atoms with van der Waals surface area (Å²) in [6.45, 7) is 1.80. The van der Waals surface area contributed by atoms with Gasteiger partial charge in [0.15, 0.2) is 23.3 Å². The van der Waals surface area contributed by atoms with Gasteiger partial charge in [-0.3, -0.25) is 0 Å². The van der Waals surface area contributed by atoms with E-state index in [9.17, 15) is 26.3 Å². The van der Waals surface area contributed by atoms with Crippen molar-refractivity contribution >= 4 is 5.83 Å². The predicted molar refractivity (Wildman–Crippen MR) is 144 cm³/mol. The van der Waals surface area contributed by atoms with Gasteiger partial charge in [-0.15, -0.1) is 0 Å². The molecule has 0 saturated heterocycles. The van der Waals surface area contributed by atoms with E-state index in [1.807, 2.05) is 36.4 Å². The van der Waals surface area contributed by atoms with Gasteiger partial charge >= 0.3 is 0 Å². The summed E-state index contributed by atoms with van der Waals surface area (Å²) in [7, 11) is 0. The van der Waals surface area contributed by atoms with Crippen molar-refractivity contribution in [3.8, 4) is 22.3 Å². The molecule has 0 aromatic heterocycles. The number of hydrogen-bond donors (Lipinski definition) is 0. The molecule has 0 aliphatic rings. The van der Waals surface area contributed by atoms with Crippen LogP contribution in [-0.2, 0) is 12.8 Å². The molecule has 0 heterocycles. The molecular formula is C33H28F6. The van der Waals surface area contributed by atoms with Crippen molar-refractivity contribution in [1.82, 2.24) is 0 Å². The van der Waals surface area contributed by atoms with Crippen LogP contribution in [0.2, 0.25) is 0 Å². The van der Waals surface area contributed by atoms with Crippen molar-refractivity contribution in [3.05, 3.63) is 125 Å². The number of hydrogen-bond acceptors (Lipinski definition) is 0. The summed E-state index contributed by atoms with van der Waals surface area (Å²) in [5.74, 6) is -6.50. The first-order valence-corrected chi connectivity index (χ1v) is 12.9. The first-order chi connectivity index (χ1) is 18.8. The van der Waals surface area contributed by atoms with E-state index in [0.717, 1.165) is 54.5 Å². The molecule has 4 aromatic carbocycles. The van der Waals surface area contributed by atoms with Gasteiger partial charge in [0.2, 0.25) is 0 Å². The summed E-state index contributed by atoms with van der Waals surface area (Å²) in [5, 5.41) is 0. The fourth-order valence-corrected chi connectivity index (χ4v) is 4.47. The molecule has 0 bridgehead atoms. The van der Waals surface area contributed by atoms with Gasteiger partial charge in [0.1, 0.15) is 11.6 Å². The van der Waals surface area contributed by atoms with Crippen molar-refractivity contribution in [3.63, 3.8) is 0 Å². The summed E-state index contributed by atoms with van der Waals surface area (Å²) in [6.07, 6.45) is 4.20. The number of aryl methyl sites for hydroxylation is 2. The second-order valence-corrected chi connectivity index (χ2v) is 9.52. The fraction of sp³-hybridized carbons (Fsp3) is 0.212. The first kappa shape index (κ1) is 28.2. The van der Waals surface area contributed by atoms with Gasteiger partial charge in [-0.25, -0.2) is 26.3 Å². The SMILES string of the molecule is CCC/C(F)=C(\F)c1ccc(CCCCc2ccc(-c3ccc(-c4cc(F)c(F)c(F)c4)c(F)c3)cc2)cc1. The standard InChI is InChI=1S/C33H28F6/c1-2-5-28(34)32(38)24-14-10-22(11-15-24)7-4-3-6-21-8-12-23(13-9-21)25-16-17-27(29(35)18-25)26-19-30(36)33(39)31(37)20-26/h8-20H,2-7H2,1H3/b32-28+. The average molecular weight is 539 g/mol. The molecule has 0 aliphatic carbocycles. The van der Waals surface area contributed by atoms with Crippen molar-refractivity contribution in [1.29, 1.82) is 0 Å². The maximum Gasteiger partial charge on any atom is 0.194 e. The number of rotatable bonds is 10. The van der Waals surface area contributed by atoms with Crippen LogP contribution in [-0.4, -0.2) is 0 Å². The van der Waals surface area contributed by atoms with Crippen molar-refractivity contribution < 1.29 is 26.3 Å². The Bertz CT molecular complexity index is 1430. The minimum Gasteiger partial charge on any atom is -0.209 e. The molecule has 0 nitrogen and oxygen atoms in total. The minimum absolute atomic E-state index is 0.0203. The molecule has 202 valence electrons. The molecule has 39 heavy (non-hydrogen) atoms. The van der Waals surface area contributed by atoms with E-state index in [2.05, 4.69) is 0 Å². The Hall–Kier alpha value is -3.80. The molecule has 0 N–H and O–H groups in total. The van der Waals surface area contributed by atoms with Crippen LogP contribution in [0, 0.1) is 23.3 Å². The third kappa shape index (κ3) is 6.99. The molecular weight excluding hydrogens is 510 g/mol. The number of halogens is 6. The van der Waals surface area contributed by atoms with Gasteiger partial charge in [0.05, 0.1) is 0 Å². The molecule has 0 saturated carbocycles. The molecule has 0 aliphatic heterocycles. The predicted octanol–water partition coefficient (Wildman–Crippen LogP) is 10.6. The van der Waals surface area contributed by atoms with Crippen LogP contribution in [0.25, 0.3) is 28.1 Å². The van der Waals surface area contributed by atoms with E-state index < -0.39 is 34.9 Å². The van der Waals surface area contributed by atoms with Gasteiger partial charge < -0.3 is 0 Å². The lowest BCUT2D eigenvalue weighted by molar-refractivity contribution is 0.447. The molecule has 0 atom stereocenters. The van der Waals surface area contributed by atoms with E-state index in [1.54, 1.807) is 25.1 Å². The molecule has 4 aromatic rings. The van der Waals surface area contributed by atoms with Gasteiger partial charge in [-0.1, -0.05) is 67.6 Å². The second-order valence-electron chi connectivity index (χ2n) is 9.52. The quantitative estimate of drug-likeness (QED) is 0.107. The van der Waals surface area contributed by atoms with Crippen LogP contribution in [0.3, 0.4) is 0 Å². The molecule has 0 spiro atoms. The van der Waals surface area contributed by atoms with Crippen molar-refractivity contribution in [2.24, 2.45) is 0 Å². The highest BCUT2D eigenvalue weighted by molar-refractivity contribution is 5.71. The first-order valence-electron chi connectivity index (χ1n) is 12.9. The van der Waals surface area contributed by atoms with Crippen molar-refractivity contribution in [2.75, 3.05) is 0 Å². The highest BCUT2D eigenvalue weighted by Crippen LogP contribution is 2.30. The van der Waals surface area contributed by atoms with E-state index >= 15 is 0 Å². The zero-order valence-electron chi connectivity index (χ0n) is 21.5. The largest absolute Gasteiger partial charge is 0.209 e. The van der Waals surface area contributed by atoms with E-state index in [1.165, 1.54) is 12.1 Å². The Morgan fingerprint density at radius 3 is 1.64 bits per heavy atom. The van der Waals surface area contributed by atoms with E-state index in [-0.39, 0.29) is 23.1 Å². The van der Waals surface area contributed by atoms with Crippen LogP contribution >= 0.6 is 0 Å². The Kier molecular flexibility index (Phi) is 9.28. The Morgan fingerprint density at radius 1 is 0.590 bits per heavy atom. The lowest BCUT2D eigenvalue weighted by Crippen LogP contribution is -1.94.